The van der Waals surface area contributed by atoms with Crippen molar-refractivity contribution in [1.29, 1.82) is 0 Å². The Kier molecular flexibility index (Phi) is 3.92. The highest BCUT2D eigenvalue weighted by molar-refractivity contribution is 6.35. The Morgan fingerprint density at radius 1 is 1.25 bits per heavy atom. The summed E-state index contributed by atoms with van der Waals surface area (Å²) in [6.07, 6.45) is 5.77. The Morgan fingerprint density at radius 3 is 2.85 bits per heavy atom. The number of piperidine rings is 1. The number of amides is 1. The van der Waals surface area contributed by atoms with Gasteiger partial charge in [0.15, 0.2) is 0 Å². The first-order chi connectivity index (χ1) is 9.75. The van der Waals surface area contributed by atoms with Crippen LogP contribution in [0.5, 0.6) is 0 Å². The van der Waals surface area contributed by atoms with Crippen LogP contribution in [0.2, 0.25) is 5.02 Å². The molecule has 4 nitrogen and oxygen atoms in total. The number of aryl methyl sites for hydroxylation is 1. The largest absolute Gasteiger partial charge is 0.343 e. The molecule has 5 heteroatoms. The monoisotopic (exact) mass is 291 g/mol. The number of nitrogens with zero attached hydrogens (tertiary/aromatic N) is 3. The molecule has 2 heterocycles. The Hall–Kier alpha value is -1.55. The highest BCUT2D eigenvalue weighted by Crippen LogP contribution is 2.23. The Morgan fingerprint density at radius 2 is 2.05 bits per heavy atom. The molecule has 1 fully saturated rings. The molecular weight excluding hydrogens is 274 g/mol. The summed E-state index contributed by atoms with van der Waals surface area (Å²) in [5, 5.41) is 5.98. The minimum absolute atomic E-state index is 0.232. The van der Waals surface area contributed by atoms with Gasteiger partial charge in [-0.2, -0.15) is 5.10 Å². The molecule has 0 radical (unpaired) electrons. The summed E-state index contributed by atoms with van der Waals surface area (Å²) in [7, 11) is 0. The van der Waals surface area contributed by atoms with Crippen LogP contribution < -0.4 is 0 Å². The fourth-order valence-electron chi connectivity index (χ4n) is 2.75. The maximum absolute atomic E-state index is 12.2. The van der Waals surface area contributed by atoms with Gasteiger partial charge in [0.25, 0.3) is 0 Å². The van der Waals surface area contributed by atoms with Crippen molar-refractivity contribution in [1.82, 2.24) is 14.7 Å². The zero-order valence-corrected chi connectivity index (χ0v) is 12.1. The average Bonchev–Trinajstić information content (AvgIpc) is 2.90. The number of benzene rings is 1. The van der Waals surface area contributed by atoms with Gasteiger partial charge in [-0.1, -0.05) is 17.7 Å². The van der Waals surface area contributed by atoms with Gasteiger partial charge in [0.2, 0.25) is 5.91 Å². The molecule has 0 spiro atoms. The molecule has 3 rings (SSSR count). The number of aromatic nitrogens is 2. The van der Waals surface area contributed by atoms with E-state index in [1.165, 1.54) is 6.42 Å². The van der Waals surface area contributed by atoms with Crippen LogP contribution in [-0.2, 0) is 11.3 Å². The van der Waals surface area contributed by atoms with E-state index in [0.29, 0.717) is 18.0 Å². The van der Waals surface area contributed by atoms with Crippen LogP contribution in [0, 0.1) is 0 Å². The molecule has 1 saturated heterocycles. The minimum atomic E-state index is 0.232. The van der Waals surface area contributed by atoms with Crippen LogP contribution in [0.25, 0.3) is 10.9 Å². The third-order valence-electron chi connectivity index (χ3n) is 3.88. The second-order valence-corrected chi connectivity index (χ2v) is 5.64. The number of hydrogen-bond acceptors (Lipinski definition) is 2. The number of hydrogen-bond donors (Lipinski definition) is 0. The first-order valence-corrected chi connectivity index (χ1v) is 7.51. The predicted molar refractivity (Wildman–Crippen MR) is 79.8 cm³/mol. The molecule has 20 heavy (non-hydrogen) atoms. The highest BCUT2D eigenvalue weighted by atomic mass is 35.5. The highest BCUT2D eigenvalue weighted by Gasteiger charge is 2.16. The molecular formula is C15H18ClN3O. The SMILES string of the molecule is O=C(CCn1ncc2c(Cl)cccc21)N1CCCCC1. The van der Waals surface area contributed by atoms with Gasteiger partial charge in [0.05, 0.1) is 23.3 Å². The van der Waals surface area contributed by atoms with Crippen molar-refractivity contribution < 1.29 is 4.79 Å². The van der Waals surface area contributed by atoms with E-state index in [2.05, 4.69) is 5.10 Å². The molecule has 0 aliphatic carbocycles. The molecule has 1 aromatic carbocycles. The van der Waals surface area contributed by atoms with Crippen molar-refractivity contribution in [3.05, 3.63) is 29.4 Å². The van der Waals surface area contributed by atoms with Crippen LogP contribution in [0.15, 0.2) is 24.4 Å². The van der Waals surface area contributed by atoms with Crippen molar-refractivity contribution in [3.63, 3.8) is 0 Å². The lowest BCUT2D eigenvalue weighted by Gasteiger charge is -2.26. The van der Waals surface area contributed by atoms with Gasteiger partial charge < -0.3 is 4.90 Å². The summed E-state index contributed by atoms with van der Waals surface area (Å²) in [5.41, 5.74) is 0.990. The molecule has 1 aliphatic heterocycles. The number of halogens is 1. The average molecular weight is 292 g/mol. The Bertz CT molecular complexity index is 617. The Labute approximate surface area is 123 Å². The number of likely N-dealkylation sites (tertiary alicyclic amines) is 1. The third kappa shape index (κ3) is 2.66. The van der Waals surface area contributed by atoms with Gasteiger partial charge in [-0.25, -0.2) is 0 Å². The van der Waals surface area contributed by atoms with Gasteiger partial charge in [-0.15, -0.1) is 0 Å². The number of carbonyl (C=O) groups excluding carboxylic acids is 1. The first-order valence-electron chi connectivity index (χ1n) is 7.13. The van der Waals surface area contributed by atoms with Crippen molar-refractivity contribution in [2.45, 2.75) is 32.2 Å². The molecule has 2 aromatic rings. The molecule has 106 valence electrons. The molecule has 0 bridgehead atoms. The van der Waals surface area contributed by atoms with Crippen LogP contribution in [0.3, 0.4) is 0 Å². The van der Waals surface area contributed by atoms with E-state index in [9.17, 15) is 4.79 Å². The summed E-state index contributed by atoms with van der Waals surface area (Å²) in [6, 6.07) is 5.75. The quantitative estimate of drug-likeness (QED) is 0.871. The standard InChI is InChI=1S/C15H18ClN3O/c16-13-5-4-6-14-12(13)11-17-19(14)10-7-15(20)18-8-2-1-3-9-18/h4-6,11H,1-3,7-10H2. The summed E-state index contributed by atoms with van der Waals surface area (Å²) in [5.74, 6) is 0.232. The zero-order valence-electron chi connectivity index (χ0n) is 11.4. The van der Waals surface area contributed by atoms with Gasteiger partial charge in [0.1, 0.15) is 0 Å². The second kappa shape index (κ2) is 5.83. The van der Waals surface area contributed by atoms with Gasteiger partial charge in [-0.3, -0.25) is 9.48 Å². The molecule has 0 saturated carbocycles. The normalized spacial score (nSPS) is 15.8. The fourth-order valence-corrected chi connectivity index (χ4v) is 2.97. The summed E-state index contributed by atoms with van der Waals surface area (Å²) < 4.78 is 1.86. The fraction of sp³-hybridized carbons (Fsp3) is 0.467. The molecule has 1 amide bonds. The van der Waals surface area contributed by atoms with E-state index in [0.717, 1.165) is 36.8 Å². The predicted octanol–water partition coefficient (Wildman–Crippen LogP) is 3.09. The van der Waals surface area contributed by atoms with Crippen LogP contribution in [-0.4, -0.2) is 33.7 Å². The van der Waals surface area contributed by atoms with E-state index in [1.54, 1.807) is 6.20 Å². The lowest BCUT2D eigenvalue weighted by molar-refractivity contribution is -0.132. The first kappa shape index (κ1) is 13.4. The lowest BCUT2D eigenvalue weighted by atomic mass is 10.1. The minimum Gasteiger partial charge on any atom is -0.343 e. The van der Waals surface area contributed by atoms with E-state index < -0.39 is 0 Å². The van der Waals surface area contributed by atoms with Crippen molar-refractivity contribution in [2.75, 3.05) is 13.1 Å². The summed E-state index contributed by atoms with van der Waals surface area (Å²) in [6.45, 7) is 2.42. The molecule has 0 atom stereocenters. The maximum atomic E-state index is 12.2. The summed E-state index contributed by atoms with van der Waals surface area (Å²) >= 11 is 6.13. The van der Waals surface area contributed by atoms with Gasteiger partial charge >= 0.3 is 0 Å². The third-order valence-corrected chi connectivity index (χ3v) is 4.21. The number of rotatable bonds is 3. The second-order valence-electron chi connectivity index (χ2n) is 5.23. The molecule has 1 aliphatic rings. The smallest absolute Gasteiger partial charge is 0.224 e. The van der Waals surface area contributed by atoms with Crippen molar-refractivity contribution in [2.24, 2.45) is 0 Å². The Balaban J connectivity index is 1.67. The van der Waals surface area contributed by atoms with Gasteiger partial charge in [-0.05, 0) is 31.4 Å². The molecule has 1 aromatic heterocycles. The topological polar surface area (TPSA) is 38.1 Å². The van der Waals surface area contributed by atoms with Crippen molar-refractivity contribution in [3.8, 4) is 0 Å². The zero-order chi connectivity index (χ0) is 13.9. The molecule has 0 N–H and O–H groups in total. The van der Waals surface area contributed by atoms with Crippen LogP contribution >= 0.6 is 11.6 Å². The van der Waals surface area contributed by atoms with E-state index in [4.69, 9.17) is 11.6 Å². The van der Waals surface area contributed by atoms with Crippen molar-refractivity contribution >= 4 is 28.4 Å². The number of carbonyl (C=O) groups is 1. The van der Waals surface area contributed by atoms with Crippen LogP contribution in [0.4, 0.5) is 0 Å². The lowest BCUT2D eigenvalue weighted by Crippen LogP contribution is -2.36. The van der Waals surface area contributed by atoms with Gasteiger partial charge in [0, 0.05) is 24.9 Å². The molecule has 0 unspecified atom stereocenters. The van der Waals surface area contributed by atoms with Crippen LogP contribution in [0.1, 0.15) is 25.7 Å². The van der Waals surface area contributed by atoms with E-state index >= 15 is 0 Å². The number of fused-ring (bicyclic) bond motifs is 1. The van der Waals surface area contributed by atoms with E-state index in [1.807, 2.05) is 27.8 Å². The summed E-state index contributed by atoms with van der Waals surface area (Å²) in [4.78, 5) is 14.1. The maximum Gasteiger partial charge on any atom is 0.224 e. The van der Waals surface area contributed by atoms with E-state index in [-0.39, 0.29) is 5.91 Å².